The van der Waals surface area contributed by atoms with Crippen LogP contribution in [0.3, 0.4) is 0 Å². The number of nitrogens with one attached hydrogen (secondary N) is 1. The van der Waals surface area contributed by atoms with Gasteiger partial charge in [0.1, 0.15) is 5.58 Å². The standard InChI is InChI=1S/C25H29ClN2O2/c1-16-7-9-19(10-8-16)22(28-11-5-4-6-12-28)15-27-25(29)24-18(3)20-14-21(26)17(2)13-23(20)30-24/h7-10,13-14,22H,4-6,11-12,15H2,1-3H3,(H,27,29)/t22-/m1/s1. The van der Waals surface area contributed by atoms with Crippen molar-refractivity contribution in [2.24, 2.45) is 0 Å². The molecule has 2 aromatic carbocycles. The first-order valence-corrected chi connectivity index (χ1v) is 11.1. The SMILES string of the molecule is Cc1ccc([C@@H](CNC(=O)c2oc3cc(C)c(Cl)cc3c2C)N2CCCCC2)cc1. The van der Waals surface area contributed by atoms with Crippen molar-refractivity contribution in [3.8, 4) is 0 Å². The summed E-state index contributed by atoms with van der Waals surface area (Å²) in [5.74, 6) is 0.194. The van der Waals surface area contributed by atoms with Crippen LogP contribution < -0.4 is 5.32 Å². The summed E-state index contributed by atoms with van der Waals surface area (Å²) in [5, 5.41) is 4.71. The number of likely N-dealkylation sites (tertiary alicyclic amines) is 1. The Morgan fingerprint density at radius 1 is 1.10 bits per heavy atom. The molecule has 1 aliphatic heterocycles. The van der Waals surface area contributed by atoms with Crippen LogP contribution >= 0.6 is 11.6 Å². The summed E-state index contributed by atoms with van der Waals surface area (Å²) in [6.45, 7) is 8.63. The minimum atomic E-state index is -0.174. The van der Waals surface area contributed by atoms with Crippen LogP contribution in [0.2, 0.25) is 5.02 Å². The molecule has 158 valence electrons. The first-order chi connectivity index (χ1) is 14.4. The van der Waals surface area contributed by atoms with Crippen LogP contribution in [0, 0.1) is 20.8 Å². The number of amides is 1. The highest BCUT2D eigenvalue weighted by Crippen LogP contribution is 2.30. The van der Waals surface area contributed by atoms with Crippen molar-refractivity contribution in [2.75, 3.05) is 19.6 Å². The molecule has 4 rings (SSSR count). The second-order valence-corrected chi connectivity index (χ2v) is 8.79. The summed E-state index contributed by atoms with van der Waals surface area (Å²) in [5.41, 5.74) is 4.95. The van der Waals surface area contributed by atoms with Crippen molar-refractivity contribution < 1.29 is 9.21 Å². The summed E-state index contributed by atoms with van der Waals surface area (Å²) in [4.78, 5) is 15.5. The zero-order valence-corrected chi connectivity index (χ0v) is 18.7. The fraction of sp³-hybridized carbons (Fsp3) is 0.400. The highest BCUT2D eigenvalue weighted by Gasteiger charge is 2.25. The van der Waals surface area contributed by atoms with Gasteiger partial charge in [-0.25, -0.2) is 0 Å². The zero-order valence-electron chi connectivity index (χ0n) is 17.9. The summed E-state index contributed by atoms with van der Waals surface area (Å²) >= 11 is 6.27. The van der Waals surface area contributed by atoms with E-state index < -0.39 is 0 Å². The molecule has 0 saturated carbocycles. The molecule has 30 heavy (non-hydrogen) atoms. The van der Waals surface area contributed by atoms with Crippen molar-refractivity contribution in [3.63, 3.8) is 0 Å². The highest BCUT2D eigenvalue weighted by atomic mass is 35.5. The lowest BCUT2D eigenvalue weighted by Gasteiger charge is -2.35. The molecule has 1 N–H and O–H groups in total. The summed E-state index contributed by atoms with van der Waals surface area (Å²) < 4.78 is 5.91. The Labute approximate surface area is 183 Å². The molecular weight excluding hydrogens is 396 g/mol. The van der Waals surface area contributed by atoms with Crippen molar-refractivity contribution >= 4 is 28.5 Å². The van der Waals surface area contributed by atoms with E-state index in [-0.39, 0.29) is 11.9 Å². The monoisotopic (exact) mass is 424 g/mol. The molecule has 1 saturated heterocycles. The predicted octanol–water partition coefficient (Wildman–Crippen LogP) is 5.97. The number of hydrogen-bond donors (Lipinski definition) is 1. The van der Waals surface area contributed by atoms with Gasteiger partial charge < -0.3 is 9.73 Å². The van der Waals surface area contributed by atoms with Gasteiger partial charge in [0.15, 0.2) is 5.76 Å². The average molecular weight is 425 g/mol. The molecular formula is C25H29ClN2O2. The first kappa shape index (κ1) is 21.0. The molecule has 1 atom stereocenters. The van der Waals surface area contributed by atoms with Crippen molar-refractivity contribution in [2.45, 2.75) is 46.1 Å². The minimum Gasteiger partial charge on any atom is -0.451 e. The molecule has 0 spiro atoms. The van der Waals surface area contributed by atoms with Gasteiger partial charge in [-0.3, -0.25) is 9.69 Å². The normalized spacial score (nSPS) is 16.0. The summed E-state index contributed by atoms with van der Waals surface area (Å²) in [7, 11) is 0. The molecule has 1 amide bonds. The Balaban J connectivity index is 1.55. The Morgan fingerprint density at radius 3 is 2.50 bits per heavy atom. The maximum absolute atomic E-state index is 13.0. The number of aryl methyl sites for hydroxylation is 3. The van der Waals surface area contributed by atoms with E-state index in [1.165, 1.54) is 30.4 Å². The number of piperidine rings is 1. The molecule has 0 radical (unpaired) electrons. The van der Waals surface area contributed by atoms with Crippen LogP contribution in [0.15, 0.2) is 40.8 Å². The number of carbonyl (C=O) groups is 1. The van der Waals surface area contributed by atoms with Gasteiger partial charge in [-0.05, 0) is 70.0 Å². The first-order valence-electron chi connectivity index (χ1n) is 10.7. The topological polar surface area (TPSA) is 45.5 Å². The average Bonchev–Trinajstić information content (AvgIpc) is 3.06. The van der Waals surface area contributed by atoms with E-state index in [0.29, 0.717) is 22.9 Å². The maximum Gasteiger partial charge on any atom is 0.287 e. The Hall–Kier alpha value is -2.30. The zero-order chi connectivity index (χ0) is 21.3. The van der Waals surface area contributed by atoms with E-state index in [9.17, 15) is 4.79 Å². The lowest BCUT2D eigenvalue weighted by Crippen LogP contribution is -2.40. The van der Waals surface area contributed by atoms with Crippen LogP contribution in [0.1, 0.15) is 58.1 Å². The Morgan fingerprint density at radius 2 is 1.80 bits per heavy atom. The maximum atomic E-state index is 13.0. The number of benzene rings is 2. The van der Waals surface area contributed by atoms with Gasteiger partial charge in [0, 0.05) is 22.5 Å². The van der Waals surface area contributed by atoms with E-state index in [2.05, 4.69) is 41.4 Å². The molecule has 4 nitrogen and oxygen atoms in total. The predicted molar refractivity (Wildman–Crippen MR) is 122 cm³/mol. The number of carbonyl (C=O) groups excluding carboxylic acids is 1. The second-order valence-electron chi connectivity index (χ2n) is 8.39. The molecule has 0 aliphatic carbocycles. The van der Waals surface area contributed by atoms with Crippen LogP contribution in [0.5, 0.6) is 0 Å². The molecule has 1 fully saturated rings. The molecule has 2 heterocycles. The third-order valence-electron chi connectivity index (χ3n) is 6.17. The van der Waals surface area contributed by atoms with E-state index in [1.807, 2.05) is 26.0 Å². The third kappa shape index (κ3) is 4.26. The number of fused-ring (bicyclic) bond motifs is 1. The third-order valence-corrected chi connectivity index (χ3v) is 6.58. The van der Waals surface area contributed by atoms with Crippen LogP contribution in [-0.4, -0.2) is 30.4 Å². The van der Waals surface area contributed by atoms with Crippen molar-refractivity contribution in [3.05, 3.63) is 69.4 Å². The van der Waals surface area contributed by atoms with Gasteiger partial charge in [0.25, 0.3) is 5.91 Å². The number of nitrogens with zero attached hydrogens (tertiary/aromatic N) is 1. The van der Waals surface area contributed by atoms with Gasteiger partial charge in [-0.2, -0.15) is 0 Å². The fourth-order valence-electron chi connectivity index (χ4n) is 4.30. The van der Waals surface area contributed by atoms with Crippen molar-refractivity contribution in [1.29, 1.82) is 0 Å². The van der Waals surface area contributed by atoms with Crippen LogP contribution in [0.25, 0.3) is 11.0 Å². The molecule has 1 aromatic heterocycles. The van der Waals surface area contributed by atoms with Crippen LogP contribution in [0.4, 0.5) is 0 Å². The second kappa shape index (κ2) is 8.83. The number of rotatable bonds is 5. The van der Waals surface area contributed by atoms with Gasteiger partial charge in [-0.1, -0.05) is 47.9 Å². The fourth-order valence-corrected chi connectivity index (χ4v) is 4.47. The molecule has 0 unspecified atom stereocenters. The number of furan rings is 1. The molecule has 1 aliphatic rings. The van der Waals surface area contributed by atoms with E-state index in [4.69, 9.17) is 16.0 Å². The number of halogens is 1. The van der Waals surface area contributed by atoms with Gasteiger partial charge in [0.05, 0.1) is 6.04 Å². The molecule has 3 aromatic rings. The van der Waals surface area contributed by atoms with E-state index in [0.717, 1.165) is 29.6 Å². The Bertz CT molecular complexity index is 1050. The van der Waals surface area contributed by atoms with Crippen molar-refractivity contribution in [1.82, 2.24) is 10.2 Å². The highest BCUT2D eigenvalue weighted by molar-refractivity contribution is 6.32. The lowest BCUT2D eigenvalue weighted by atomic mass is 10.0. The minimum absolute atomic E-state index is 0.163. The molecule has 0 bridgehead atoms. The summed E-state index contributed by atoms with van der Waals surface area (Å²) in [6.07, 6.45) is 3.70. The largest absolute Gasteiger partial charge is 0.451 e. The van der Waals surface area contributed by atoms with E-state index in [1.54, 1.807) is 0 Å². The van der Waals surface area contributed by atoms with Gasteiger partial charge in [-0.15, -0.1) is 0 Å². The lowest BCUT2D eigenvalue weighted by molar-refractivity contribution is 0.0898. The van der Waals surface area contributed by atoms with Crippen LogP contribution in [-0.2, 0) is 0 Å². The quantitative estimate of drug-likeness (QED) is 0.548. The van der Waals surface area contributed by atoms with Gasteiger partial charge >= 0.3 is 0 Å². The summed E-state index contributed by atoms with van der Waals surface area (Å²) in [6, 6.07) is 12.6. The van der Waals surface area contributed by atoms with E-state index >= 15 is 0 Å². The van der Waals surface area contributed by atoms with Gasteiger partial charge in [0.2, 0.25) is 0 Å². The molecule has 5 heteroatoms. The smallest absolute Gasteiger partial charge is 0.287 e. The Kier molecular flexibility index (Phi) is 6.16. The number of hydrogen-bond acceptors (Lipinski definition) is 3.